The number of carbonyl (C=O) groups is 1. The van der Waals surface area contributed by atoms with Gasteiger partial charge in [-0.15, -0.1) is 0 Å². The maximum absolute atomic E-state index is 13.5. The van der Waals surface area contributed by atoms with E-state index in [4.69, 9.17) is 33.0 Å². The minimum absolute atomic E-state index is 0.130. The van der Waals surface area contributed by atoms with E-state index in [2.05, 4.69) is 19.2 Å². The molecule has 0 fully saturated rings. The molecule has 1 unspecified atom stereocenters. The fraction of sp³-hybridized carbons (Fsp3) is 0.308. The Morgan fingerprint density at radius 1 is 1.12 bits per heavy atom. The average Bonchev–Trinajstić information content (AvgIpc) is 3.09. The van der Waals surface area contributed by atoms with Crippen molar-refractivity contribution in [1.82, 2.24) is 9.78 Å². The maximum atomic E-state index is 13.5. The van der Waals surface area contributed by atoms with E-state index in [0.717, 1.165) is 51.8 Å². The Balaban J connectivity index is 1.78. The van der Waals surface area contributed by atoms with Gasteiger partial charge in [-0.2, -0.15) is 5.10 Å². The fourth-order valence-corrected chi connectivity index (χ4v) is 5.39. The van der Waals surface area contributed by atoms with E-state index in [9.17, 15) is 4.79 Å². The first-order valence-corrected chi connectivity index (χ1v) is 11.7. The molecule has 7 heteroatoms. The van der Waals surface area contributed by atoms with E-state index in [1.54, 1.807) is 19.2 Å². The number of carbonyl (C=O) groups excluding carboxylic acids is 1. The molecule has 1 N–H and O–H groups in total. The number of halogens is 2. The zero-order valence-electron chi connectivity index (χ0n) is 19.0. The molecule has 33 heavy (non-hydrogen) atoms. The number of fused-ring (bicyclic) bond motifs is 1. The Bertz CT molecular complexity index is 1320. The molecule has 0 bridgehead atoms. The molecular formula is C26H25Cl2N3O2. The zero-order valence-corrected chi connectivity index (χ0v) is 20.5. The van der Waals surface area contributed by atoms with E-state index in [1.807, 2.05) is 41.9 Å². The minimum atomic E-state index is -0.271. The van der Waals surface area contributed by atoms with Gasteiger partial charge in [0.15, 0.2) is 5.78 Å². The predicted molar refractivity (Wildman–Crippen MR) is 132 cm³/mol. The number of methoxy groups -OCH3 is 1. The lowest BCUT2D eigenvalue weighted by Gasteiger charge is -2.39. The van der Waals surface area contributed by atoms with Crippen LogP contribution in [0.5, 0.6) is 5.75 Å². The van der Waals surface area contributed by atoms with Crippen LogP contribution >= 0.6 is 23.2 Å². The van der Waals surface area contributed by atoms with Crippen LogP contribution in [0.3, 0.4) is 0 Å². The second kappa shape index (κ2) is 7.93. The Hall–Kier alpha value is -2.76. The summed E-state index contributed by atoms with van der Waals surface area (Å²) in [6.45, 7) is 6.23. The number of benzene rings is 2. The lowest BCUT2D eigenvalue weighted by molar-refractivity contribution is -0.118. The molecule has 1 aromatic heterocycles. The number of aromatic nitrogens is 2. The summed E-state index contributed by atoms with van der Waals surface area (Å²) < 4.78 is 7.57. The van der Waals surface area contributed by atoms with Gasteiger partial charge in [-0.3, -0.25) is 4.79 Å². The standard InChI is InChI=1S/C26H25Cl2N3O2/c1-14-22-23(16-7-5-6-8-21(16)33-4)24-19(12-26(2,3)13-20(24)32)29-25(22)31(30-14)15-9-10-17(27)18(28)11-15/h5-11,23,29H,12-13H2,1-4H3. The number of nitrogens with zero attached hydrogens (tertiary/aromatic N) is 2. The van der Waals surface area contributed by atoms with Crippen molar-refractivity contribution < 1.29 is 9.53 Å². The molecule has 3 aromatic rings. The van der Waals surface area contributed by atoms with E-state index >= 15 is 0 Å². The van der Waals surface area contributed by atoms with Gasteiger partial charge in [0.25, 0.3) is 0 Å². The summed E-state index contributed by atoms with van der Waals surface area (Å²) >= 11 is 12.5. The van der Waals surface area contributed by atoms with E-state index in [0.29, 0.717) is 16.5 Å². The maximum Gasteiger partial charge on any atom is 0.162 e. The molecule has 0 saturated heterocycles. The molecule has 1 aliphatic heterocycles. The molecule has 0 radical (unpaired) electrons. The third-order valence-electron chi connectivity index (χ3n) is 6.47. The second-order valence-corrected chi connectivity index (χ2v) is 10.3. The Morgan fingerprint density at radius 2 is 1.88 bits per heavy atom. The number of hydrogen-bond acceptors (Lipinski definition) is 4. The average molecular weight is 482 g/mol. The summed E-state index contributed by atoms with van der Waals surface area (Å²) in [5.74, 6) is 1.48. The highest BCUT2D eigenvalue weighted by Crippen LogP contribution is 2.51. The quantitative estimate of drug-likeness (QED) is 0.452. The van der Waals surface area contributed by atoms with Crippen molar-refractivity contribution in [2.75, 3.05) is 12.4 Å². The van der Waals surface area contributed by atoms with E-state index in [-0.39, 0.29) is 17.1 Å². The predicted octanol–water partition coefficient (Wildman–Crippen LogP) is 6.70. The van der Waals surface area contributed by atoms with Crippen LogP contribution in [0.1, 0.15) is 49.4 Å². The molecule has 1 atom stereocenters. The molecule has 0 amide bonds. The Labute approximate surface area is 203 Å². The van der Waals surface area contributed by atoms with Gasteiger partial charge in [0.1, 0.15) is 11.6 Å². The third-order valence-corrected chi connectivity index (χ3v) is 7.21. The van der Waals surface area contributed by atoms with Gasteiger partial charge < -0.3 is 10.1 Å². The van der Waals surface area contributed by atoms with Crippen LogP contribution in [0.25, 0.3) is 5.69 Å². The van der Waals surface area contributed by atoms with Crippen LogP contribution in [0.15, 0.2) is 53.7 Å². The third kappa shape index (κ3) is 3.64. The van der Waals surface area contributed by atoms with Gasteiger partial charge in [-0.1, -0.05) is 55.2 Å². The zero-order chi connectivity index (χ0) is 23.5. The molecular weight excluding hydrogens is 457 g/mol. The first-order chi connectivity index (χ1) is 15.7. The molecule has 5 rings (SSSR count). The number of para-hydroxylation sites is 1. The van der Waals surface area contributed by atoms with Gasteiger partial charge in [0.05, 0.1) is 28.5 Å². The van der Waals surface area contributed by atoms with Crippen molar-refractivity contribution in [3.8, 4) is 11.4 Å². The number of nitrogens with one attached hydrogen (secondary N) is 1. The number of Topliss-reactive ketones (excluding diaryl/α,β-unsaturated/α-hetero) is 1. The fourth-order valence-electron chi connectivity index (χ4n) is 5.09. The van der Waals surface area contributed by atoms with Gasteiger partial charge in [0, 0.05) is 34.7 Å². The van der Waals surface area contributed by atoms with Gasteiger partial charge in [-0.25, -0.2) is 4.68 Å². The molecule has 170 valence electrons. The van der Waals surface area contributed by atoms with Crippen LogP contribution < -0.4 is 10.1 Å². The first kappa shape index (κ1) is 22.1. The number of ether oxygens (including phenoxy) is 1. The van der Waals surface area contributed by atoms with Crippen LogP contribution in [-0.4, -0.2) is 22.7 Å². The van der Waals surface area contributed by atoms with Crippen molar-refractivity contribution in [2.24, 2.45) is 5.41 Å². The minimum Gasteiger partial charge on any atom is -0.496 e. The molecule has 2 aromatic carbocycles. The van der Waals surface area contributed by atoms with Crippen LogP contribution in [0, 0.1) is 12.3 Å². The molecule has 2 aliphatic rings. The summed E-state index contributed by atoms with van der Waals surface area (Å²) in [6.07, 6.45) is 1.28. The van der Waals surface area contributed by atoms with Crippen molar-refractivity contribution in [3.63, 3.8) is 0 Å². The summed E-state index contributed by atoms with van der Waals surface area (Å²) in [4.78, 5) is 13.5. The van der Waals surface area contributed by atoms with Crippen molar-refractivity contribution in [1.29, 1.82) is 0 Å². The highest BCUT2D eigenvalue weighted by Gasteiger charge is 2.43. The lowest BCUT2D eigenvalue weighted by Crippen LogP contribution is -2.34. The van der Waals surface area contributed by atoms with Crippen molar-refractivity contribution in [3.05, 3.63) is 80.6 Å². The van der Waals surface area contributed by atoms with Gasteiger partial charge in [-0.05, 0) is 43.0 Å². The number of hydrogen-bond donors (Lipinski definition) is 1. The molecule has 0 saturated carbocycles. The largest absolute Gasteiger partial charge is 0.496 e. The smallest absolute Gasteiger partial charge is 0.162 e. The summed E-state index contributed by atoms with van der Waals surface area (Å²) in [5.41, 5.74) is 5.19. The Kier molecular flexibility index (Phi) is 5.30. The first-order valence-electron chi connectivity index (χ1n) is 10.9. The van der Waals surface area contributed by atoms with Gasteiger partial charge in [0.2, 0.25) is 0 Å². The van der Waals surface area contributed by atoms with Crippen LogP contribution in [0.4, 0.5) is 5.82 Å². The van der Waals surface area contributed by atoms with E-state index < -0.39 is 0 Å². The second-order valence-electron chi connectivity index (χ2n) is 9.49. The van der Waals surface area contributed by atoms with E-state index in [1.165, 1.54) is 0 Å². The monoisotopic (exact) mass is 481 g/mol. The van der Waals surface area contributed by atoms with Crippen molar-refractivity contribution >= 4 is 34.8 Å². The number of allylic oxidation sites excluding steroid dienone is 2. The topological polar surface area (TPSA) is 56.1 Å². The Morgan fingerprint density at radius 3 is 2.61 bits per heavy atom. The summed E-state index contributed by atoms with van der Waals surface area (Å²) in [6, 6.07) is 13.4. The molecule has 2 heterocycles. The summed E-state index contributed by atoms with van der Waals surface area (Å²) in [5, 5.41) is 9.39. The number of aryl methyl sites for hydroxylation is 1. The highest BCUT2D eigenvalue weighted by molar-refractivity contribution is 6.42. The van der Waals surface area contributed by atoms with Crippen molar-refractivity contribution in [2.45, 2.75) is 39.5 Å². The van der Waals surface area contributed by atoms with Gasteiger partial charge >= 0.3 is 0 Å². The summed E-state index contributed by atoms with van der Waals surface area (Å²) in [7, 11) is 1.66. The number of anilines is 1. The normalized spacial score (nSPS) is 19.1. The molecule has 5 nitrogen and oxygen atoms in total. The lowest BCUT2D eigenvalue weighted by atomic mass is 9.69. The molecule has 1 aliphatic carbocycles. The number of rotatable bonds is 3. The highest BCUT2D eigenvalue weighted by atomic mass is 35.5. The van der Waals surface area contributed by atoms with Crippen LogP contribution in [0.2, 0.25) is 10.0 Å². The van der Waals surface area contributed by atoms with Crippen LogP contribution in [-0.2, 0) is 4.79 Å². The SMILES string of the molecule is COc1ccccc1C1C2=C(CC(C)(C)CC2=O)Nc2c1c(C)nn2-c1ccc(Cl)c(Cl)c1. The molecule has 0 spiro atoms. The number of ketones is 1.